The molecule has 1 fully saturated rings. The molecule has 0 unspecified atom stereocenters. The Bertz CT molecular complexity index is 2020. The van der Waals surface area contributed by atoms with Crippen LogP contribution in [0.15, 0.2) is 133 Å². The lowest BCUT2D eigenvalue weighted by Crippen LogP contribution is -2.46. The summed E-state index contributed by atoms with van der Waals surface area (Å²) in [6.07, 6.45) is 0.468. The lowest BCUT2D eigenvalue weighted by atomic mass is 9.76. The standard InChI is InChI=1S/C45H43N3O6/c1-31-23-25-34(26-24-31)45(32-14-4-2-5-15-32,33-16-6-3-7-17-33)46-29-13-12-22-40(43(51)54-48-41(49)27-28-42(48)50)47-44(52)53-30-39-37-20-10-8-18-35(37)36-19-9-11-21-38(36)39/h2-11,14-21,23-26,39-40,46H,12-13,22,27-30H2,1H3,(H,47,52)/t40-/m0/s1. The van der Waals surface area contributed by atoms with Crippen molar-refractivity contribution in [1.29, 1.82) is 0 Å². The van der Waals surface area contributed by atoms with E-state index >= 15 is 0 Å². The van der Waals surface area contributed by atoms with Gasteiger partial charge in [-0.15, -0.1) is 5.06 Å². The van der Waals surface area contributed by atoms with E-state index in [-0.39, 0.29) is 31.8 Å². The number of hydrogen-bond acceptors (Lipinski definition) is 7. The molecular formula is C45H43N3O6. The number of aryl methyl sites for hydroxylation is 1. The lowest BCUT2D eigenvalue weighted by molar-refractivity contribution is -0.199. The zero-order valence-electron chi connectivity index (χ0n) is 30.2. The second kappa shape index (κ2) is 16.3. The average Bonchev–Trinajstić information content (AvgIpc) is 3.70. The number of benzene rings is 5. The van der Waals surface area contributed by atoms with Crippen LogP contribution in [0.5, 0.6) is 0 Å². The van der Waals surface area contributed by atoms with Crippen molar-refractivity contribution in [3.05, 3.63) is 167 Å². The van der Waals surface area contributed by atoms with Gasteiger partial charge in [0.1, 0.15) is 12.6 Å². The van der Waals surface area contributed by atoms with Crippen LogP contribution in [0, 0.1) is 6.92 Å². The molecule has 2 aliphatic rings. The first-order valence-corrected chi connectivity index (χ1v) is 18.5. The fraction of sp³-hybridized carbons (Fsp3) is 0.244. The minimum atomic E-state index is -1.16. The first-order valence-electron chi connectivity index (χ1n) is 18.5. The van der Waals surface area contributed by atoms with Crippen molar-refractivity contribution in [2.45, 2.75) is 56.5 Å². The number of rotatable bonds is 14. The number of imide groups is 1. The van der Waals surface area contributed by atoms with E-state index in [0.29, 0.717) is 24.4 Å². The molecule has 0 bridgehead atoms. The van der Waals surface area contributed by atoms with E-state index in [1.165, 1.54) is 0 Å². The van der Waals surface area contributed by atoms with E-state index in [9.17, 15) is 19.2 Å². The summed E-state index contributed by atoms with van der Waals surface area (Å²) in [4.78, 5) is 56.6. The maximum atomic E-state index is 13.5. The molecule has 1 aliphatic carbocycles. The average molecular weight is 722 g/mol. The molecule has 9 nitrogen and oxygen atoms in total. The zero-order valence-corrected chi connectivity index (χ0v) is 30.2. The third-order valence-electron chi connectivity index (χ3n) is 10.3. The van der Waals surface area contributed by atoms with Crippen LogP contribution in [0.3, 0.4) is 0 Å². The van der Waals surface area contributed by atoms with Gasteiger partial charge in [-0.2, -0.15) is 0 Å². The van der Waals surface area contributed by atoms with Crippen molar-refractivity contribution >= 4 is 23.9 Å². The summed E-state index contributed by atoms with van der Waals surface area (Å²) in [5.74, 6) is -2.25. The number of unbranched alkanes of at least 4 members (excludes halogenated alkanes) is 1. The zero-order chi connectivity index (χ0) is 37.5. The highest BCUT2D eigenvalue weighted by molar-refractivity contribution is 6.01. The molecule has 7 rings (SSSR count). The molecule has 0 saturated carbocycles. The molecule has 1 aliphatic heterocycles. The number of carbonyl (C=O) groups excluding carboxylic acids is 4. The Hall–Kier alpha value is -6.06. The SMILES string of the molecule is Cc1ccc(C(NCCCC[C@H](NC(=O)OCC2c3ccccc3-c3ccccc32)C(=O)ON2C(=O)CCC2=O)(c2ccccc2)c2ccccc2)cc1. The number of ether oxygens (including phenoxy) is 1. The Kier molecular flexibility index (Phi) is 11.0. The van der Waals surface area contributed by atoms with E-state index in [1.54, 1.807) is 0 Å². The van der Waals surface area contributed by atoms with Crippen molar-refractivity contribution in [2.24, 2.45) is 0 Å². The molecule has 2 N–H and O–H groups in total. The molecule has 5 aromatic rings. The number of fused-ring (bicyclic) bond motifs is 3. The van der Waals surface area contributed by atoms with E-state index in [0.717, 1.165) is 44.5 Å². The molecule has 274 valence electrons. The number of amides is 3. The summed E-state index contributed by atoms with van der Waals surface area (Å²) >= 11 is 0. The fourth-order valence-corrected chi connectivity index (χ4v) is 7.58. The smallest absolute Gasteiger partial charge is 0.407 e. The highest BCUT2D eigenvalue weighted by Crippen LogP contribution is 2.44. The first-order chi connectivity index (χ1) is 26.3. The number of hydrogen-bond donors (Lipinski definition) is 2. The fourth-order valence-electron chi connectivity index (χ4n) is 7.58. The van der Waals surface area contributed by atoms with Crippen LogP contribution in [0.25, 0.3) is 11.1 Å². The van der Waals surface area contributed by atoms with Gasteiger partial charge in [0.2, 0.25) is 0 Å². The van der Waals surface area contributed by atoms with Crippen molar-refractivity contribution in [3.8, 4) is 11.1 Å². The van der Waals surface area contributed by atoms with Gasteiger partial charge in [-0.05, 0) is 71.7 Å². The predicted octanol–water partition coefficient (Wildman–Crippen LogP) is 7.56. The number of hydroxylamine groups is 2. The minimum Gasteiger partial charge on any atom is -0.449 e. The molecule has 1 saturated heterocycles. The van der Waals surface area contributed by atoms with E-state index in [1.807, 2.05) is 72.8 Å². The van der Waals surface area contributed by atoms with Crippen LogP contribution < -0.4 is 10.6 Å². The van der Waals surface area contributed by atoms with Crippen LogP contribution in [0.4, 0.5) is 4.79 Å². The Labute approximate surface area is 315 Å². The molecule has 54 heavy (non-hydrogen) atoms. The van der Waals surface area contributed by atoms with Gasteiger partial charge in [0.15, 0.2) is 0 Å². The summed E-state index contributed by atoms with van der Waals surface area (Å²) in [5.41, 5.74) is 8.08. The number of nitrogens with zero attached hydrogens (tertiary/aromatic N) is 1. The maximum Gasteiger partial charge on any atom is 0.407 e. The topological polar surface area (TPSA) is 114 Å². The van der Waals surface area contributed by atoms with Gasteiger partial charge in [-0.25, -0.2) is 9.59 Å². The largest absolute Gasteiger partial charge is 0.449 e. The van der Waals surface area contributed by atoms with Gasteiger partial charge in [-0.3, -0.25) is 14.9 Å². The molecule has 3 amide bonds. The molecule has 0 radical (unpaired) electrons. The molecule has 0 aromatic heterocycles. The van der Waals surface area contributed by atoms with Crippen LogP contribution >= 0.6 is 0 Å². The Morgan fingerprint density at radius 1 is 0.704 bits per heavy atom. The second-order valence-electron chi connectivity index (χ2n) is 13.8. The van der Waals surface area contributed by atoms with Crippen molar-refractivity contribution < 1.29 is 28.8 Å². The highest BCUT2D eigenvalue weighted by Gasteiger charge is 2.37. The van der Waals surface area contributed by atoms with Crippen molar-refractivity contribution in [2.75, 3.05) is 13.2 Å². The minimum absolute atomic E-state index is 0.0339. The lowest BCUT2D eigenvalue weighted by Gasteiger charge is -2.37. The molecular weight excluding hydrogens is 679 g/mol. The van der Waals surface area contributed by atoms with Crippen molar-refractivity contribution in [3.63, 3.8) is 0 Å². The molecule has 1 heterocycles. The van der Waals surface area contributed by atoms with Crippen LogP contribution in [0.2, 0.25) is 0 Å². The van der Waals surface area contributed by atoms with E-state index < -0.39 is 35.5 Å². The van der Waals surface area contributed by atoms with E-state index in [2.05, 4.69) is 78.2 Å². The molecule has 5 aromatic carbocycles. The normalized spacial score (nSPS) is 14.4. The Morgan fingerprint density at radius 3 is 1.80 bits per heavy atom. The van der Waals surface area contributed by atoms with Crippen LogP contribution in [-0.4, -0.2) is 48.1 Å². The van der Waals surface area contributed by atoms with Gasteiger partial charge in [0.25, 0.3) is 11.8 Å². The third-order valence-corrected chi connectivity index (χ3v) is 10.3. The molecule has 1 atom stereocenters. The first kappa shape index (κ1) is 36.3. The summed E-state index contributed by atoms with van der Waals surface area (Å²) in [6.45, 7) is 2.69. The summed E-state index contributed by atoms with van der Waals surface area (Å²) in [5, 5.41) is 7.04. The van der Waals surface area contributed by atoms with Gasteiger partial charge in [0.05, 0.1) is 5.54 Å². The maximum absolute atomic E-state index is 13.5. The van der Waals surface area contributed by atoms with Gasteiger partial charge in [-0.1, -0.05) is 139 Å². The summed E-state index contributed by atoms with van der Waals surface area (Å²) < 4.78 is 5.74. The van der Waals surface area contributed by atoms with Gasteiger partial charge in [0, 0.05) is 18.8 Å². The predicted molar refractivity (Wildman–Crippen MR) is 205 cm³/mol. The highest BCUT2D eigenvalue weighted by atomic mass is 16.7. The Morgan fingerprint density at radius 2 is 1.22 bits per heavy atom. The van der Waals surface area contributed by atoms with Gasteiger partial charge < -0.3 is 14.9 Å². The van der Waals surface area contributed by atoms with Gasteiger partial charge >= 0.3 is 12.1 Å². The van der Waals surface area contributed by atoms with Crippen molar-refractivity contribution in [1.82, 2.24) is 15.7 Å². The third kappa shape index (κ3) is 7.54. The monoisotopic (exact) mass is 721 g/mol. The van der Waals surface area contributed by atoms with Crippen LogP contribution in [-0.2, 0) is 29.5 Å². The van der Waals surface area contributed by atoms with E-state index in [4.69, 9.17) is 9.57 Å². The molecule has 9 heteroatoms. The summed E-state index contributed by atoms with van der Waals surface area (Å²) in [7, 11) is 0. The Balaban J connectivity index is 1.05. The molecule has 0 spiro atoms. The second-order valence-corrected chi connectivity index (χ2v) is 13.8. The number of alkyl carbamates (subject to hydrolysis) is 1. The summed E-state index contributed by atoms with van der Waals surface area (Å²) in [6, 6.07) is 44.0. The quantitative estimate of drug-likeness (QED) is 0.0691. The number of nitrogens with one attached hydrogen (secondary N) is 2. The van der Waals surface area contributed by atoms with Crippen LogP contribution in [0.1, 0.15) is 71.4 Å². The number of carbonyl (C=O) groups is 4.